The van der Waals surface area contributed by atoms with Gasteiger partial charge in [-0.05, 0) is 64.1 Å². The first-order chi connectivity index (χ1) is 9.63. The summed E-state index contributed by atoms with van der Waals surface area (Å²) in [6.07, 6.45) is 7.88. The zero-order valence-corrected chi connectivity index (χ0v) is 13.9. The Morgan fingerprint density at radius 3 is 2.60 bits per heavy atom. The first kappa shape index (κ1) is 16.3. The molecule has 0 aromatic rings. The largest absolute Gasteiger partial charge is 0.327 e. The second kappa shape index (κ2) is 7.77. The SMILES string of the molecule is CCC1CCC(N)C(CN2CCCN(C)CC2CC)C1. The number of nitrogens with two attached hydrogens (primary N) is 1. The number of hydrogen-bond donors (Lipinski definition) is 1. The van der Waals surface area contributed by atoms with Gasteiger partial charge in [0, 0.05) is 25.2 Å². The highest BCUT2D eigenvalue weighted by Crippen LogP contribution is 2.31. The van der Waals surface area contributed by atoms with Crippen molar-refractivity contribution < 1.29 is 0 Å². The lowest BCUT2D eigenvalue weighted by Crippen LogP contribution is -2.47. The van der Waals surface area contributed by atoms with Crippen molar-refractivity contribution in [2.45, 2.75) is 64.5 Å². The standard InChI is InChI=1S/C17H35N3/c1-4-14-7-8-17(18)15(11-14)12-20-10-6-9-19(3)13-16(20)5-2/h14-17H,4-13,18H2,1-3H3. The quantitative estimate of drug-likeness (QED) is 0.859. The molecule has 2 fully saturated rings. The maximum absolute atomic E-state index is 6.43. The highest BCUT2D eigenvalue weighted by atomic mass is 15.2. The van der Waals surface area contributed by atoms with E-state index in [2.05, 4.69) is 30.7 Å². The number of rotatable bonds is 4. The average molecular weight is 281 g/mol. The second-order valence-electron chi connectivity index (χ2n) is 7.18. The Hall–Kier alpha value is -0.120. The van der Waals surface area contributed by atoms with Crippen molar-refractivity contribution in [3.8, 4) is 0 Å². The van der Waals surface area contributed by atoms with Gasteiger partial charge < -0.3 is 10.6 Å². The molecule has 1 heterocycles. The van der Waals surface area contributed by atoms with E-state index >= 15 is 0 Å². The van der Waals surface area contributed by atoms with Gasteiger partial charge in [-0.15, -0.1) is 0 Å². The molecule has 1 saturated heterocycles. The fourth-order valence-corrected chi connectivity index (χ4v) is 4.19. The van der Waals surface area contributed by atoms with Crippen LogP contribution in [0.3, 0.4) is 0 Å². The third kappa shape index (κ3) is 4.19. The molecule has 3 heteroatoms. The molecule has 20 heavy (non-hydrogen) atoms. The van der Waals surface area contributed by atoms with Gasteiger partial charge in [0.05, 0.1) is 0 Å². The molecule has 1 saturated carbocycles. The van der Waals surface area contributed by atoms with Crippen LogP contribution in [0.15, 0.2) is 0 Å². The molecule has 0 bridgehead atoms. The van der Waals surface area contributed by atoms with Gasteiger partial charge in [0.15, 0.2) is 0 Å². The van der Waals surface area contributed by atoms with Crippen LogP contribution in [-0.4, -0.2) is 55.1 Å². The molecule has 1 aliphatic carbocycles. The third-order valence-corrected chi connectivity index (χ3v) is 5.69. The summed E-state index contributed by atoms with van der Waals surface area (Å²) in [7, 11) is 2.27. The molecule has 0 aromatic carbocycles. The van der Waals surface area contributed by atoms with E-state index in [0.29, 0.717) is 6.04 Å². The average Bonchev–Trinajstić information content (AvgIpc) is 2.62. The van der Waals surface area contributed by atoms with Crippen LogP contribution in [0.2, 0.25) is 0 Å². The van der Waals surface area contributed by atoms with Gasteiger partial charge in [0.2, 0.25) is 0 Å². The second-order valence-corrected chi connectivity index (χ2v) is 7.18. The van der Waals surface area contributed by atoms with Gasteiger partial charge in [-0.3, -0.25) is 4.90 Å². The molecule has 2 rings (SSSR count). The predicted octanol–water partition coefficient (Wildman–Crippen LogP) is 2.56. The summed E-state index contributed by atoms with van der Waals surface area (Å²) in [6, 6.07) is 1.17. The third-order valence-electron chi connectivity index (χ3n) is 5.69. The van der Waals surface area contributed by atoms with E-state index in [0.717, 1.165) is 17.9 Å². The van der Waals surface area contributed by atoms with E-state index < -0.39 is 0 Å². The van der Waals surface area contributed by atoms with Gasteiger partial charge in [0.25, 0.3) is 0 Å². The lowest BCUT2D eigenvalue weighted by Gasteiger charge is -2.39. The van der Waals surface area contributed by atoms with E-state index in [9.17, 15) is 0 Å². The molecule has 2 aliphatic rings. The van der Waals surface area contributed by atoms with E-state index in [1.54, 1.807) is 0 Å². The topological polar surface area (TPSA) is 32.5 Å². The summed E-state index contributed by atoms with van der Waals surface area (Å²) in [4.78, 5) is 5.26. The van der Waals surface area contributed by atoms with Gasteiger partial charge in [-0.2, -0.15) is 0 Å². The minimum Gasteiger partial charge on any atom is -0.327 e. The molecule has 4 unspecified atom stereocenters. The monoisotopic (exact) mass is 281 g/mol. The fourth-order valence-electron chi connectivity index (χ4n) is 4.19. The van der Waals surface area contributed by atoms with Gasteiger partial charge in [-0.1, -0.05) is 20.3 Å². The summed E-state index contributed by atoms with van der Waals surface area (Å²) < 4.78 is 0. The first-order valence-electron chi connectivity index (χ1n) is 8.82. The van der Waals surface area contributed by atoms with Crippen LogP contribution in [0.5, 0.6) is 0 Å². The van der Waals surface area contributed by atoms with Crippen molar-refractivity contribution in [2.24, 2.45) is 17.6 Å². The van der Waals surface area contributed by atoms with E-state index in [-0.39, 0.29) is 0 Å². The maximum Gasteiger partial charge on any atom is 0.0220 e. The Kier molecular flexibility index (Phi) is 6.31. The van der Waals surface area contributed by atoms with E-state index in [4.69, 9.17) is 5.73 Å². The maximum atomic E-state index is 6.43. The molecule has 0 aromatic heterocycles. The van der Waals surface area contributed by atoms with Gasteiger partial charge >= 0.3 is 0 Å². The zero-order chi connectivity index (χ0) is 14.5. The van der Waals surface area contributed by atoms with Crippen LogP contribution in [-0.2, 0) is 0 Å². The van der Waals surface area contributed by atoms with E-state index in [1.165, 1.54) is 64.7 Å². The minimum absolute atomic E-state index is 0.441. The number of hydrogen-bond acceptors (Lipinski definition) is 3. The summed E-state index contributed by atoms with van der Waals surface area (Å²) in [5.41, 5.74) is 6.43. The van der Waals surface area contributed by atoms with Crippen molar-refractivity contribution in [3.63, 3.8) is 0 Å². The molecule has 2 N–H and O–H groups in total. The highest BCUT2D eigenvalue weighted by molar-refractivity contribution is 4.87. The lowest BCUT2D eigenvalue weighted by molar-refractivity contribution is 0.117. The van der Waals surface area contributed by atoms with Crippen molar-refractivity contribution in [3.05, 3.63) is 0 Å². The van der Waals surface area contributed by atoms with Crippen LogP contribution < -0.4 is 5.73 Å². The normalized spacial score (nSPS) is 37.8. The smallest absolute Gasteiger partial charge is 0.0220 e. The van der Waals surface area contributed by atoms with Crippen molar-refractivity contribution >= 4 is 0 Å². The molecule has 3 nitrogen and oxygen atoms in total. The first-order valence-corrected chi connectivity index (χ1v) is 8.82. The fraction of sp³-hybridized carbons (Fsp3) is 1.00. The number of likely N-dealkylation sites (N-methyl/N-ethyl adjacent to an activating group) is 1. The van der Waals surface area contributed by atoms with Crippen molar-refractivity contribution in [2.75, 3.05) is 33.2 Å². The summed E-state index contributed by atoms with van der Waals surface area (Å²) in [5, 5.41) is 0. The summed E-state index contributed by atoms with van der Waals surface area (Å²) in [6.45, 7) is 9.67. The van der Waals surface area contributed by atoms with Crippen LogP contribution >= 0.6 is 0 Å². The highest BCUT2D eigenvalue weighted by Gasteiger charge is 2.31. The minimum atomic E-state index is 0.441. The van der Waals surface area contributed by atoms with Crippen molar-refractivity contribution in [1.82, 2.24) is 9.80 Å². The molecule has 0 radical (unpaired) electrons. The predicted molar refractivity (Wildman–Crippen MR) is 86.9 cm³/mol. The Bertz CT molecular complexity index is 281. The van der Waals surface area contributed by atoms with Crippen LogP contribution in [0, 0.1) is 11.8 Å². The van der Waals surface area contributed by atoms with Crippen LogP contribution in [0.25, 0.3) is 0 Å². The Morgan fingerprint density at radius 2 is 1.90 bits per heavy atom. The molecule has 1 aliphatic heterocycles. The molecular formula is C17H35N3. The number of nitrogens with zero attached hydrogens (tertiary/aromatic N) is 2. The van der Waals surface area contributed by atoms with E-state index in [1.807, 2.05) is 0 Å². The Balaban J connectivity index is 1.95. The van der Waals surface area contributed by atoms with Gasteiger partial charge in [0.1, 0.15) is 0 Å². The molecular weight excluding hydrogens is 246 g/mol. The van der Waals surface area contributed by atoms with Crippen LogP contribution in [0.4, 0.5) is 0 Å². The summed E-state index contributed by atoms with van der Waals surface area (Å²) in [5.74, 6) is 1.65. The summed E-state index contributed by atoms with van der Waals surface area (Å²) >= 11 is 0. The zero-order valence-electron chi connectivity index (χ0n) is 13.9. The molecule has 118 valence electrons. The molecule has 0 amide bonds. The molecule has 4 atom stereocenters. The lowest BCUT2D eigenvalue weighted by atomic mass is 9.77. The molecule has 0 spiro atoms. The Labute approximate surface area is 125 Å². The van der Waals surface area contributed by atoms with Crippen molar-refractivity contribution in [1.29, 1.82) is 0 Å². The van der Waals surface area contributed by atoms with Gasteiger partial charge in [-0.25, -0.2) is 0 Å². The van der Waals surface area contributed by atoms with Crippen LogP contribution in [0.1, 0.15) is 52.4 Å². The Morgan fingerprint density at radius 1 is 1.10 bits per heavy atom.